The highest BCUT2D eigenvalue weighted by Gasteiger charge is 2.30. The van der Waals surface area contributed by atoms with Gasteiger partial charge in [-0.25, -0.2) is 0 Å². The molecule has 30 heavy (non-hydrogen) atoms. The highest BCUT2D eigenvalue weighted by Crippen LogP contribution is 2.27. The number of hydrogen-bond donors (Lipinski definition) is 2. The van der Waals surface area contributed by atoms with Gasteiger partial charge in [0.05, 0.1) is 5.56 Å². The highest BCUT2D eigenvalue weighted by atomic mass is 16.5. The molecule has 0 aromatic heterocycles. The topological polar surface area (TPSA) is 67.4 Å². The maximum Gasteiger partial charge on any atom is 0.266 e. The Balaban J connectivity index is 1.53. The standard InChI is InChI=1S/C25H24N2O3/c28-24(26-17-18-9-3-1-4-10-18)21-13-7-8-14-22(21)30-23(19-11-5-2-6-12-19)25(29)27-20-15-16-20/h1-14,20,23H,15-17H2,(H,26,28)(H,27,29)/t23-/m0/s1. The van der Waals surface area contributed by atoms with Crippen LogP contribution < -0.4 is 15.4 Å². The molecule has 4 rings (SSSR count). The van der Waals surface area contributed by atoms with Crippen LogP contribution in [0.3, 0.4) is 0 Å². The Hall–Kier alpha value is -3.60. The van der Waals surface area contributed by atoms with Gasteiger partial charge in [0.1, 0.15) is 5.75 Å². The summed E-state index contributed by atoms with van der Waals surface area (Å²) in [5.41, 5.74) is 2.15. The summed E-state index contributed by atoms with van der Waals surface area (Å²) < 4.78 is 6.12. The van der Waals surface area contributed by atoms with Crippen molar-refractivity contribution in [1.82, 2.24) is 10.6 Å². The van der Waals surface area contributed by atoms with Crippen LogP contribution >= 0.6 is 0 Å². The maximum atomic E-state index is 12.9. The van der Waals surface area contributed by atoms with Gasteiger partial charge in [-0.05, 0) is 30.5 Å². The first-order chi connectivity index (χ1) is 14.7. The molecule has 0 radical (unpaired) electrons. The van der Waals surface area contributed by atoms with Crippen LogP contribution in [0.1, 0.15) is 40.4 Å². The summed E-state index contributed by atoms with van der Waals surface area (Å²) in [5.74, 6) is -0.0603. The van der Waals surface area contributed by atoms with Crippen LogP contribution in [0.15, 0.2) is 84.9 Å². The molecule has 0 heterocycles. The molecule has 3 aromatic carbocycles. The Morgan fingerprint density at radius 1 is 0.867 bits per heavy atom. The molecule has 0 aliphatic heterocycles. The van der Waals surface area contributed by atoms with Crippen molar-refractivity contribution in [2.75, 3.05) is 0 Å². The minimum absolute atomic E-state index is 0.191. The first-order valence-corrected chi connectivity index (χ1v) is 10.1. The Bertz CT molecular complexity index is 1000. The van der Waals surface area contributed by atoms with Gasteiger partial charge in [0, 0.05) is 18.2 Å². The van der Waals surface area contributed by atoms with Crippen LogP contribution in [0.25, 0.3) is 0 Å². The minimum Gasteiger partial charge on any atom is -0.475 e. The van der Waals surface area contributed by atoms with E-state index in [1.54, 1.807) is 24.3 Å². The fraction of sp³-hybridized carbons (Fsp3) is 0.200. The normalized spacial score (nSPS) is 13.9. The largest absolute Gasteiger partial charge is 0.475 e. The predicted octanol–water partition coefficient (Wildman–Crippen LogP) is 4.02. The lowest BCUT2D eigenvalue weighted by Gasteiger charge is -2.21. The van der Waals surface area contributed by atoms with Gasteiger partial charge in [-0.1, -0.05) is 72.8 Å². The molecule has 152 valence electrons. The number of hydrogen-bond acceptors (Lipinski definition) is 3. The number of carbonyl (C=O) groups excluding carboxylic acids is 2. The van der Waals surface area contributed by atoms with Gasteiger partial charge < -0.3 is 15.4 Å². The Morgan fingerprint density at radius 3 is 2.20 bits per heavy atom. The van der Waals surface area contributed by atoms with Crippen molar-refractivity contribution in [2.45, 2.75) is 31.5 Å². The third-order valence-corrected chi connectivity index (χ3v) is 4.94. The van der Waals surface area contributed by atoms with Crippen LogP contribution in [-0.2, 0) is 11.3 Å². The van der Waals surface area contributed by atoms with E-state index in [-0.39, 0.29) is 17.9 Å². The van der Waals surface area contributed by atoms with Crippen LogP contribution in [0.2, 0.25) is 0 Å². The van der Waals surface area contributed by atoms with E-state index in [0.29, 0.717) is 17.9 Å². The van der Waals surface area contributed by atoms with Crippen molar-refractivity contribution < 1.29 is 14.3 Å². The van der Waals surface area contributed by atoms with Crippen molar-refractivity contribution in [2.24, 2.45) is 0 Å². The molecule has 2 N–H and O–H groups in total. The number of para-hydroxylation sites is 1. The van der Waals surface area contributed by atoms with Gasteiger partial charge in [0.2, 0.25) is 6.10 Å². The Kier molecular flexibility index (Phi) is 6.09. The number of nitrogens with one attached hydrogen (secondary N) is 2. The zero-order valence-corrected chi connectivity index (χ0v) is 16.6. The lowest BCUT2D eigenvalue weighted by Crippen LogP contribution is -2.34. The maximum absolute atomic E-state index is 12.9. The van der Waals surface area contributed by atoms with E-state index in [4.69, 9.17) is 4.74 Å². The van der Waals surface area contributed by atoms with Gasteiger partial charge in [0.25, 0.3) is 11.8 Å². The Labute approximate surface area is 176 Å². The van der Waals surface area contributed by atoms with Gasteiger partial charge in [-0.2, -0.15) is 0 Å². The highest BCUT2D eigenvalue weighted by molar-refractivity contribution is 5.97. The Morgan fingerprint density at radius 2 is 1.50 bits per heavy atom. The fourth-order valence-electron chi connectivity index (χ4n) is 3.16. The second kappa shape index (κ2) is 9.27. The second-order valence-corrected chi connectivity index (χ2v) is 7.36. The molecule has 0 bridgehead atoms. The van der Waals surface area contributed by atoms with E-state index >= 15 is 0 Å². The van der Waals surface area contributed by atoms with Crippen LogP contribution in [-0.4, -0.2) is 17.9 Å². The lowest BCUT2D eigenvalue weighted by atomic mass is 10.1. The van der Waals surface area contributed by atoms with Crippen molar-refractivity contribution >= 4 is 11.8 Å². The van der Waals surface area contributed by atoms with E-state index in [1.807, 2.05) is 60.7 Å². The minimum atomic E-state index is -0.824. The summed E-state index contributed by atoms with van der Waals surface area (Å²) in [7, 11) is 0. The number of amides is 2. The lowest BCUT2D eigenvalue weighted by molar-refractivity contribution is -0.128. The van der Waals surface area contributed by atoms with E-state index in [2.05, 4.69) is 10.6 Å². The first kappa shape index (κ1) is 19.7. The summed E-state index contributed by atoms with van der Waals surface area (Å²) in [6.07, 6.45) is 1.16. The van der Waals surface area contributed by atoms with Crippen LogP contribution in [0.4, 0.5) is 0 Å². The van der Waals surface area contributed by atoms with Gasteiger partial charge in [-0.15, -0.1) is 0 Å². The summed E-state index contributed by atoms with van der Waals surface area (Å²) in [6.45, 7) is 0.415. The van der Waals surface area contributed by atoms with Crippen LogP contribution in [0.5, 0.6) is 5.75 Å². The molecule has 1 fully saturated rings. The summed E-state index contributed by atoms with van der Waals surface area (Å²) in [6, 6.07) is 26.3. The smallest absolute Gasteiger partial charge is 0.266 e. The zero-order chi connectivity index (χ0) is 20.8. The van der Waals surface area contributed by atoms with Crippen LogP contribution in [0, 0.1) is 0 Å². The molecule has 0 saturated heterocycles. The summed E-state index contributed by atoms with van der Waals surface area (Å²) >= 11 is 0. The molecular formula is C25H24N2O3. The SMILES string of the molecule is O=C(NCc1ccccc1)c1ccccc1O[C@H](C(=O)NC1CC1)c1ccccc1. The average molecular weight is 400 g/mol. The molecule has 5 nitrogen and oxygen atoms in total. The molecule has 0 unspecified atom stereocenters. The molecule has 1 aliphatic carbocycles. The number of carbonyl (C=O) groups is 2. The number of ether oxygens (including phenoxy) is 1. The van der Waals surface area contributed by atoms with E-state index in [1.165, 1.54) is 0 Å². The van der Waals surface area contributed by atoms with Gasteiger partial charge in [0.15, 0.2) is 0 Å². The third kappa shape index (κ3) is 5.06. The molecule has 1 saturated carbocycles. The van der Waals surface area contributed by atoms with Crippen molar-refractivity contribution in [1.29, 1.82) is 0 Å². The molecule has 5 heteroatoms. The molecule has 1 atom stereocenters. The second-order valence-electron chi connectivity index (χ2n) is 7.36. The number of benzene rings is 3. The van der Waals surface area contributed by atoms with E-state index < -0.39 is 6.10 Å². The molecular weight excluding hydrogens is 376 g/mol. The average Bonchev–Trinajstić information content (AvgIpc) is 3.61. The number of rotatable bonds is 8. The molecule has 3 aromatic rings. The van der Waals surface area contributed by atoms with E-state index in [0.717, 1.165) is 24.0 Å². The summed E-state index contributed by atoms with van der Waals surface area (Å²) in [4.78, 5) is 25.7. The first-order valence-electron chi connectivity index (χ1n) is 10.1. The van der Waals surface area contributed by atoms with Crippen molar-refractivity contribution in [3.63, 3.8) is 0 Å². The molecule has 1 aliphatic rings. The van der Waals surface area contributed by atoms with Gasteiger partial charge >= 0.3 is 0 Å². The molecule has 0 spiro atoms. The third-order valence-electron chi connectivity index (χ3n) is 4.94. The zero-order valence-electron chi connectivity index (χ0n) is 16.6. The van der Waals surface area contributed by atoms with Crippen molar-refractivity contribution in [3.05, 3.63) is 102 Å². The van der Waals surface area contributed by atoms with Gasteiger partial charge in [-0.3, -0.25) is 9.59 Å². The van der Waals surface area contributed by atoms with Crippen molar-refractivity contribution in [3.8, 4) is 5.75 Å². The van der Waals surface area contributed by atoms with E-state index in [9.17, 15) is 9.59 Å². The molecule has 2 amide bonds. The summed E-state index contributed by atoms with van der Waals surface area (Å²) in [5, 5.41) is 5.92. The predicted molar refractivity (Wildman–Crippen MR) is 115 cm³/mol. The quantitative estimate of drug-likeness (QED) is 0.600. The monoisotopic (exact) mass is 400 g/mol. The fourth-order valence-corrected chi connectivity index (χ4v) is 3.16.